The number of hydrogen-bond acceptors (Lipinski definition) is 7. The van der Waals surface area contributed by atoms with Gasteiger partial charge in [0.1, 0.15) is 24.8 Å². The van der Waals surface area contributed by atoms with Crippen LogP contribution in [0.3, 0.4) is 0 Å². The van der Waals surface area contributed by atoms with Crippen molar-refractivity contribution < 1.29 is 41.4 Å². The lowest BCUT2D eigenvalue weighted by molar-refractivity contribution is -0.145. The summed E-state index contributed by atoms with van der Waals surface area (Å²) in [6, 6.07) is 20.0. The Morgan fingerprint density at radius 1 is 0.878 bits per heavy atom. The van der Waals surface area contributed by atoms with Crippen LogP contribution in [0.2, 0.25) is 5.02 Å². The summed E-state index contributed by atoms with van der Waals surface area (Å²) in [5, 5.41) is 5.55. The highest BCUT2D eigenvalue weighted by Gasteiger charge is 2.29. The van der Waals surface area contributed by atoms with Gasteiger partial charge in [0.15, 0.2) is 6.04 Å². The third kappa shape index (κ3) is 9.89. The van der Waals surface area contributed by atoms with Gasteiger partial charge in [0.2, 0.25) is 0 Å². The molecular weight excluding hydrogens is 711 g/mol. The van der Waals surface area contributed by atoms with Crippen LogP contribution in [-0.4, -0.2) is 34.0 Å². The number of nitrogens with one attached hydrogen (secondary N) is 2. The van der Waals surface area contributed by atoms with Crippen molar-refractivity contribution in [3.8, 4) is 5.75 Å². The fourth-order valence-electron chi connectivity index (χ4n) is 4.47. The molecule has 9 nitrogen and oxygen atoms in total. The van der Waals surface area contributed by atoms with Crippen LogP contribution in [0.4, 0.5) is 33.7 Å². The van der Waals surface area contributed by atoms with E-state index in [1.54, 1.807) is 30.3 Å². The first-order valence-electron chi connectivity index (χ1n) is 14.0. The number of rotatable bonds is 10. The highest BCUT2D eigenvalue weighted by molar-refractivity contribution is 8.00. The van der Waals surface area contributed by atoms with Crippen LogP contribution in [0.1, 0.15) is 15.9 Å². The van der Waals surface area contributed by atoms with Crippen LogP contribution in [0.5, 0.6) is 5.75 Å². The van der Waals surface area contributed by atoms with Crippen LogP contribution in [0.25, 0.3) is 10.9 Å². The summed E-state index contributed by atoms with van der Waals surface area (Å²) < 4.78 is 64.3. The van der Waals surface area contributed by atoms with Crippen molar-refractivity contribution in [3.63, 3.8) is 0 Å². The van der Waals surface area contributed by atoms with Crippen LogP contribution in [0.15, 0.2) is 102 Å². The molecule has 0 aliphatic heterocycles. The number of fused-ring (bicyclic) bond motifs is 1. The normalized spacial score (nSPS) is 11.7. The Bertz CT molecular complexity index is 1960. The van der Waals surface area contributed by atoms with Gasteiger partial charge < -0.3 is 25.8 Å². The first kappa shape index (κ1) is 37.1. The van der Waals surface area contributed by atoms with Crippen LogP contribution in [0, 0.1) is 5.82 Å². The molecule has 0 spiro atoms. The van der Waals surface area contributed by atoms with Gasteiger partial charge in [-0.15, -0.1) is 12.4 Å². The fourth-order valence-corrected chi connectivity index (χ4v) is 5.18. The third-order valence-corrected chi connectivity index (χ3v) is 7.72. The lowest BCUT2D eigenvalue weighted by atomic mass is 10.2. The molecule has 0 aliphatic rings. The number of alkyl halides is 3. The van der Waals surface area contributed by atoms with Gasteiger partial charge in [-0.2, -0.15) is 13.2 Å². The molecule has 1 aromatic heterocycles. The number of anilines is 2. The van der Waals surface area contributed by atoms with E-state index in [1.807, 2.05) is 0 Å². The van der Waals surface area contributed by atoms with Gasteiger partial charge in [-0.05, 0) is 65.4 Å². The van der Waals surface area contributed by atoms with E-state index in [0.717, 1.165) is 10.6 Å². The number of amides is 2. The smallest absolute Gasteiger partial charge is 0.446 e. The van der Waals surface area contributed by atoms with E-state index >= 15 is 0 Å². The number of thioether (sulfide) groups is 1. The summed E-state index contributed by atoms with van der Waals surface area (Å²) in [4.78, 5) is 38.7. The maximum absolute atomic E-state index is 14.9. The lowest BCUT2D eigenvalue weighted by Crippen LogP contribution is -2.42. The molecule has 5 rings (SSSR count). The van der Waals surface area contributed by atoms with Gasteiger partial charge in [0.25, 0.3) is 5.91 Å². The molecule has 4 N–H and O–H groups in total. The quantitative estimate of drug-likeness (QED) is 0.0569. The molecule has 256 valence electrons. The van der Waals surface area contributed by atoms with E-state index in [-0.39, 0.29) is 64.9 Å². The first-order chi connectivity index (χ1) is 22.9. The summed E-state index contributed by atoms with van der Waals surface area (Å²) >= 11 is 5.93. The predicted molar refractivity (Wildman–Crippen MR) is 181 cm³/mol. The molecule has 0 saturated heterocycles. The van der Waals surface area contributed by atoms with Gasteiger partial charge in [-0.1, -0.05) is 54.1 Å². The molecule has 1 unspecified atom stereocenters. The van der Waals surface area contributed by atoms with Crippen molar-refractivity contribution in [3.05, 3.63) is 119 Å². The van der Waals surface area contributed by atoms with Crippen molar-refractivity contribution in [2.24, 2.45) is 5.73 Å². The van der Waals surface area contributed by atoms with Crippen molar-refractivity contribution in [1.29, 1.82) is 0 Å². The molecule has 0 saturated carbocycles. The Morgan fingerprint density at radius 2 is 1.55 bits per heavy atom. The lowest BCUT2D eigenvalue weighted by Gasteiger charge is -2.12. The SMILES string of the molecule is Cl.NC(C(=O)OCc1ccccc1)C(=O)n1cc(NC(=O)Nc2ccc(OCc3ccc(SC(F)(F)F)cc3)cc2F)c2cc(Cl)ccc21. The molecule has 0 fully saturated rings. The summed E-state index contributed by atoms with van der Waals surface area (Å²) in [5.74, 6) is -2.50. The predicted octanol–water partition coefficient (Wildman–Crippen LogP) is 8.40. The Labute approximate surface area is 292 Å². The van der Waals surface area contributed by atoms with Gasteiger partial charge in [-0.3, -0.25) is 9.36 Å². The average Bonchev–Trinajstić information content (AvgIpc) is 3.40. The highest BCUT2D eigenvalue weighted by Crippen LogP contribution is 2.37. The summed E-state index contributed by atoms with van der Waals surface area (Å²) in [6.07, 6.45) is 1.26. The Hall–Kier alpha value is -4.76. The van der Waals surface area contributed by atoms with Crippen LogP contribution in [-0.2, 0) is 22.7 Å². The van der Waals surface area contributed by atoms with E-state index in [4.69, 9.17) is 26.8 Å². The summed E-state index contributed by atoms with van der Waals surface area (Å²) in [6.45, 7) is -0.121. The van der Waals surface area contributed by atoms with E-state index in [1.165, 1.54) is 60.8 Å². The van der Waals surface area contributed by atoms with Crippen molar-refractivity contribution in [2.75, 3.05) is 10.6 Å². The molecule has 0 aliphatic carbocycles. The van der Waals surface area contributed by atoms with E-state index in [9.17, 15) is 31.9 Å². The molecule has 4 aromatic carbocycles. The monoisotopic (exact) mass is 736 g/mol. The number of ether oxygens (including phenoxy) is 2. The third-order valence-electron chi connectivity index (χ3n) is 6.75. The molecule has 2 amide bonds. The largest absolute Gasteiger partial charge is 0.489 e. The number of halogens is 6. The zero-order valence-corrected chi connectivity index (χ0v) is 27.4. The topological polar surface area (TPSA) is 125 Å². The number of nitrogens with two attached hydrogens (primary N) is 1. The maximum atomic E-state index is 14.9. The number of carbonyl (C=O) groups is 3. The molecule has 1 heterocycles. The minimum Gasteiger partial charge on any atom is -0.489 e. The standard InChI is InChI=1S/C33H25ClF4N4O5S.ClH/c34-21-8-13-28-24(14-21)27(16-42(28)30(43)29(39)31(44)47-18-19-4-2-1-3-5-19)41-32(45)40-26-12-9-22(15-25(26)35)46-17-20-6-10-23(11-7-20)48-33(36,37)38;/h1-16,29H,17-18,39H2,(H2,40,41,45);1H. The number of hydrogen-bond donors (Lipinski definition) is 3. The number of carbonyl (C=O) groups excluding carboxylic acids is 3. The van der Waals surface area contributed by atoms with Crippen molar-refractivity contribution in [1.82, 2.24) is 4.57 Å². The minimum absolute atomic E-state index is 0. The van der Waals surface area contributed by atoms with Crippen LogP contribution >= 0.6 is 35.8 Å². The molecule has 1 atom stereocenters. The first-order valence-corrected chi connectivity index (χ1v) is 15.2. The Kier molecular flexibility index (Phi) is 12.2. The van der Waals surface area contributed by atoms with E-state index in [0.29, 0.717) is 21.5 Å². The molecule has 49 heavy (non-hydrogen) atoms. The van der Waals surface area contributed by atoms with E-state index < -0.39 is 35.3 Å². The van der Waals surface area contributed by atoms with Crippen LogP contribution < -0.4 is 21.1 Å². The molecule has 5 aromatic rings. The Balaban J connectivity index is 0.00000541. The number of benzene rings is 4. The molecule has 0 bridgehead atoms. The maximum Gasteiger partial charge on any atom is 0.446 e. The van der Waals surface area contributed by atoms with Gasteiger partial charge in [0, 0.05) is 27.6 Å². The zero-order chi connectivity index (χ0) is 34.4. The zero-order valence-electron chi connectivity index (χ0n) is 25.0. The van der Waals surface area contributed by atoms with Crippen molar-refractivity contribution >= 4 is 76.0 Å². The Morgan fingerprint density at radius 3 is 2.22 bits per heavy atom. The fraction of sp³-hybridized carbons (Fsp3) is 0.121. The number of esters is 1. The number of urea groups is 1. The van der Waals surface area contributed by atoms with Crippen molar-refractivity contribution in [2.45, 2.75) is 29.7 Å². The molecule has 0 radical (unpaired) electrons. The minimum atomic E-state index is -4.40. The number of nitrogens with zero attached hydrogens (tertiary/aromatic N) is 1. The highest BCUT2D eigenvalue weighted by atomic mass is 35.5. The summed E-state index contributed by atoms with van der Waals surface area (Å²) in [7, 11) is 0. The molecule has 16 heteroatoms. The second kappa shape index (κ2) is 16.1. The van der Waals surface area contributed by atoms with Gasteiger partial charge >= 0.3 is 17.5 Å². The second-order valence-corrected chi connectivity index (χ2v) is 11.8. The molecular formula is C33H26Cl2F4N4O5S. The number of aromatic nitrogens is 1. The van der Waals surface area contributed by atoms with E-state index in [2.05, 4.69) is 10.6 Å². The average molecular weight is 738 g/mol. The van der Waals surface area contributed by atoms with Gasteiger partial charge in [0.05, 0.1) is 16.9 Å². The second-order valence-electron chi connectivity index (χ2n) is 10.2. The van der Waals surface area contributed by atoms with Gasteiger partial charge in [-0.25, -0.2) is 14.0 Å². The summed E-state index contributed by atoms with van der Waals surface area (Å²) in [5.41, 5.74) is 3.01.